The molecule has 0 aliphatic heterocycles. The number of carbonyl (C=O) groups is 1. The Labute approximate surface area is 115 Å². The second-order valence-corrected chi connectivity index (χ2v) is 4.01. The normalized spacial score (nSPS) is 10.3. The minimum Gasteiger partial charge on any atom is -0.496 e. The fraction of sp³-hybridized carbons (Fsp3) is 0.286. The van der Waals surface area contributed by atoms with Crippen LogP contribution >= 0.6 is 0 Å². The van der Waals surface area contributed by atoms with Gasteiger partial charge in [-0.25, -0.2) is 4.98 Å². The molecule has 3 rings (SSSR count). The molecule has 1 heterocycles. The zero-order valence-electron chi connectivity index (χ0n) is 11.3. The van der Waals surface area contributed by atoms with E-state index >= 15 is 0 Å². The molecule has 1 aromatic heterocycles. The van der Waals surface area contributed by atoms with Crippen LogP contribution in [0.3, 0.4) is 0 Å². The van der Waals surface area contributed by atoms with E-state index in [0.29, 0.717) is 12.3 Å². The van der Waals surface area contributed by atoms with E-state index < -0.39 is 5.97 Å². The summed E-state index contributed by atoms with van der Waals surface area (Å²) in [5.41, 5.74) is 0.323. The second-order valence-electron chi connectivity index (χ2n) is 4.01. The van der Waals surface area contributed by atoms with E-state index in [2.05, 4.69) is 17.1 Å². The standard InChI is InChI=1S/C7H9NO4.C7H6O/c1-2-11-7-5(3-6(9)10)8-4-12-7;1-8-7-4-5-2-3-6(5)7/h4H,2-3H2,1H3,(H,9,10);2-4H,1H3. The molecule has 6 nitrogen and oxygen atoms in total. The van der Waals surface area contributed by atoms with Crippen molar-refractivity contribution in [3.63, 3.8) is 0 Å². The maximum atomic E-state index is 10.3. The van der Waals surface area contributed by atoms with Gasteiger partial charge in [0.15, 0.2) is 6.39 Å². The van der Waals surface area contributed by atoms with Gasteiger partial charge in [-0.15, -0.1) is 0 Å². The molecule has 2 aliphatic rings. The smallest absolute Gasteiger partial charge is 0.309 e. The van der Waals surface area contributed by atoms with Crippen molar-refractivity contribution in [2.45, 2.75) is 13.3 Å². The van der Waals surface area contributed by atoms with Gasteiger partial charge < -0.3 is 19.0 Å². The highest BCUT2D eigenvalue weighted by Crippen LogP contribution is 2.22. The number of ether oxygens (including phenoxy) is 2. The van der Waals surface area contributed by atoms with Crippen molar-refractivity contribution in [2.24, 2.45) is 0 Å². The van der Waals surface area contributed by atoms with E-state index in [1.54, 1.807) is 14.0 Å². The van der Waals surface area contributed by atoms with Crippen LogP contribution in [0.1, 0.15) is 12.6 Å². The Kier molecular flexibility index (Phi) is 4.24. The van der Waals surface area contributed by atoms with Crippen molar-refractivity contribution in [1.29, 1.82) is 0 Å². The molecule has 1 aromatic rings. The molecule has 0 spiro atoms. The zero-order chi connectivity index (χ0) is 14.5. The largest absolute Gasteiger partial charge is 0.496 e. The average molecular weight is 277 g/mol. The maximum Gasteiger partial charge on any atom is 0.309 e. The first-order chi connectivity index (χ1) is 9.65. The molecule has 0 saturated carbocycles. The van der Waals surface area contributed by atoms with E-state index in [-0.39, 0.29) is 12.4 Å². The van der Waals surface area contributed by atoms with Crippen LogP contribution in [0.4, 0.5) is 0 Å². The van der Waals surface area contributed by atoms with Gasteiger partial charge in [-0.05, 0) is 18.2 Å². The molecule has 0 aromatic carbocycles. The van der Waals surface area contributed by atoms with E-state index in [4.69, 9.17) is 19.0 Å². The van der Waals surface area contributed by atoms with Gasteiger partial charge in [-0.2, -0.15) is 0 Å². The highest BCUT2D eigenvalue weighted by atomic mass is 16.6. The number of aromatic nitrogens is 1. The van der Waals surface area contributed by atoms with Crippen LogP contribution < -0.4 is 9.47 Å². The zero-order valence-corrected chi connectivity index (χ0v) is 11.3. The Bertz CT molecular complexity index is 692. The molecule has 20 heavy (non-hydrogen) atoms. The number of carboxylic acid groups (broad SMARTS) is 1. The maximum absolute atomic E-state index is 10.3. The summed E-state index contributed by atoms with van der Waals surface area (Å²) in [6.45, 7) is 2.22. The van der Waals surface area contributed by atoms with Crippen LogP contribution in [0.5, 0.6) is 11.7 Å². The lowest BCUT2D eigenvalue weighted by Gasteiger charge is -2.08. The monoisotopic (exact) mass is 277 g/mol. The van der Waals surface area contributed by atoms with Crippen LogP contribution in [0.2, 0.25) is 0 Å². The number of aliphatic carboxylic acids is 1. The molecule has 106 valence electrons. The summed E-state index contributed by atoms with van der Waals surface area (Å²) in [5, 5.41) is 11.1. The summed E-state index contributed by atoms with van der Waals surface area (Å²) in [6.07, 6.45) is 0.995. The number of methoxy groups -OCH3 is 1. The van der Waals surface area contributed by atoms with Gasteiger partial charge in [0.1, 0.15) is 11.4 Å². The van der Waals surface area contributed by atoms with Gasteiger partial charge in [-0.1, -0.05) is 12.1 Å². The first kappa shape index (κ1) is 13.9. The first-order valence-corrected chi connectivity index (χ1v) is 6.11. The number of nitrogens with zero attached hydrogens (tertiary/aromatic N) is 1. The third kappa shape index (κ3) is 2.90. The van der Waals surface area contributed by atoms with Gasteiger partial charge in [0.25, 0.3) is 0 Å². The lowest BCUT2D eigenvalue weighted by atomic mass is 10.1. The van der Waals surface area contributed by atoms with Crippen molar-refractivity contribution >= 4 is 5.97 Å². The third-order valence-electron chi connectivity index (χ3n) is 2.71. The minimum absolute atomic E-state index is 0.175. The van der Waals surface area contributed by atoms with E-state index in [0.717, 1.165) is 5.75 Å². The van der Waals surface area contributed by atoms with Crippen LogP contribution in [0.25, 0.3) is 0 Å². The van der Waals surface area contributed by atoms with Crippen molar-refractivity contribution < 1.29 is 23.8 Å². The summed E-state index contributed by atoms with van der Waals surface area (Å²) < 4.78 is 14.8. The highest BCUT2D eigenvalue weighted by Gasteiger charge is 2.12. The van der Waals surface area contributed by atoms with Crippen molar-refractivity contribution in [2.75, 3.05) is 13.7 Å². The molecule has 0 fully saturated rings. The molecule has 1 N–H and O–H groups in total. The molecule has 0 amide bonds. The topological polar surface area (TPSA) is 81.8 Å². The molecular weight excluding hydrogens is 262 g/mol. The minimum atomic E-state index is -0.954. The summed E-state index contributed by atoms with van der Waals surface area (Å²) >= 11 is 0. The van der Waals surface area contributed by atoms with Crippen molar-refractivity contribution in [3.05, 3.63) is 40.7 Å². The van der Waals surface area contributed by atoms with Crippen molar-refractivity contribution in [3.8, 4) is 11.7 Å². The summed E-state index contributed by atoms with van der Waals surface area (Å²) in [7, 11) is 1.70. The Hall–Kier alpha value is -2.50. The number of hydrogen-bond acceptors (Lipinski definition) is 5. The van der Waals surface area contributed by atoms with E-state index in [9.17, 15) is 4.79 Å². The predicted molar refractivity (Wildman–Crippen MR) is 69.7 cm³/mol. The fourth-order valence-electron chi connectivity index (χ4n) is 1.69. The third-order valence-corrected chi connectivity index (χ3v) is 2.71. The number of carboxylic acids is 1. The van der Waals surface area contributed by atoms with Gasteiger partial charge >= 0.3 is 11.9 Å². The lowest BCUT2D eigenvalue weighted by Crippen LogP contribution is -2.02. The number of hydrogen-bond donors (Lipinski definition) is 1. The summed E-state index contributed by atoms with van der Waals surface area (Å²) in [5.74, 6) is 0.271. The summed E-state index contributed by atoms with van der Waals surface area (Å²) in [6, 6.07) is 6.18. The molecular formula is C14H15NO5. The Balaban J connectivity index is 0.000000157. The molecule has 0 unspecified atom stereocenters. The van der Waals surface area contributed by atoms with E-state index in [1.807, 2.05) is 6.07 Å². The predicted octanol–water partition coefficient (Wildman–Crippen LogP) is 2.00. The quantitative estimate of drug-likeness (QED) is 0.768. The number of benzene rings is 1. The first-order valence-electron chi connectivity index (χ1n) is 6.11. The molecule has 0 radical (unpaired) electrons. The van der Waals surface area contributed by atoms with Crippen LogP contribution in [-0.2, 0) is 11.2 Å². The molecule has 6 heteroatoms. The second kappa shape index (κ2) is 6.10. The van der Waals surface area contributed by atoms with Gasteiger partial charge in [-0.3, -0.25) is 4.79 Å². The highest BCUT2D eigenvalue weighted by molar-refractivity contribution is 5.70. The van der Waals surface area contributed by atoms with Crippen LogP contribution in [0.15, 0.2) is 29.0 Å². The Morgan fingerprint density at radius 1 is 1.45 bits per heavy atom. The number of rotatable bonds is 5. The van der Waals surface area contributed by atoms with Gasteiger partial charge in [0.2, 0.25) is 0 Å². The average Bonchev–Trinajstić information content (AvgIpc) is 2.80. The molecule has 0 atom stereocenters. The summed E-state index contributed by atoms with van der Waals surface area (Å²) in [4.78, 5) is 14.0. The SMILES string of the molecule is CCOc1ocnc1CC(=O)O.COc1cc2ccc1=2. The van der Waals surface area contributed by atoms with E-state index in [1.165, 1.54) is 16.8 Å². The number of oxazole rings is 1. The molecule has 0 saturated heterocycles. The van der Waals surface area contributed by atoms with Crippen molar-refractivity contribution in [1.82, 2.24) is 4.98 Å². The van der Waals surface area contributed by atoms with Crippen LogP contribution in [-0.4, -0.2) is 29.8 Å². The van der Waals surface area contributed by atoms with Gasteiger partial charge in [0, 0.05) is 5.22 Å². The Morgan fingerprint density at radius 3 is 2.65 bits per heavy atom. The fourth-order valence-corrected chi connectivity index (χ4v) is 1.69. The molecule has 2 aliphatic carbocycles. The molecule has 0 bridgehead atoms. The Morgan fingerprint density at radius 2 is 2.25 bits per heavy atom. The van der Waals surface area contributed by atoms with Gasteiger partial charge in [0.05, 0.1) is 20.1 Å². The van der Waals surface area contributed by atoms with Crippen LogP contribution in [0, 0.1) is 10.4 Å². The lowest BCUT2D eigenvalue weighted by molar-refractivity contribution is -0.136.